The van der Waals surface area contributed by atoms with Crippen molar-refractivity contribution in [1.29, 1.82) is 0 Å². The zero-order valence-corrected chi connectivity index (χ0v) is 8.63. The summed E-state index contributed by atoms with van der Waals surface area (Å²) in [4.78, 5) is 4.03. The zero-order chi connectivity index (χ0) is 9.68. The third-order valence-electron chi connectivity index (χ3n) is 1.33. The largest absolute Gasteiger partial charge is 0.494 e. The van der Waals surface area contributed by atoms with E-state index in [0.717, 1.165) is 4.47 Å². The van der Waals surface area contributed by atoms with Crippen LogP contribution in [0.1, 0.15) is 5.69 Å². The van der Waals surface area contributed by atoms with Crippen LogP contribution < -0.4 is 4.74 Å². The molecule has 4 heteroatoms. The third-order valence-corrected chi connectivity index (χ3v) is 1.76. The summed E-state index contributed by atoms with van der Waals surface area (Å²) < 4.78 is 5.88. The fourth-order valence-corrected chi connectivity index (χ4v) is 1.10. The predicted octanol–water partition coefficient (Wildman–Crippen LogP) is 1.20. The Balaban J connectivity index is 3.06. The first kappa shape index (κ1) is 10.0. The van der Waals surface area contributed by atoms with E-state index >= 15 is 0 Å². The van der Waals surface area contributed by atoms with Gasteiger partial charge in [0.2, 0.25) is 0 Å². The van der Waals surface area contributed by atoms with Crippen LogP contribution >= 0.6 is 15.9 Å². The van der Waals surface area contributed by atoms with Gasteiger partial charge in [0, 0.05) is 10.7 Å². The Morgan fingerprint density at radius 2 is 2.46 bits per heavy atom. The van der Waals surface area contributed by atoms with Crippen LogP contribution in [0.15, 0.2) is 16.7 Å². The van der Waals surface area contributed by atoms with E-state index in [0.29, 0.717) is 11.4 Å². The molecule has 0 fully saturated rings. The summed E-state index contributed by atoms with van der Waals surface area (Å²) in [5, 5.41) is 8.49. The number of rotatable bonds is 1. The Morgan fingerprint density at radius 3 is 3.08 bits per heavy atom. The average Bonchev–Trinajstić information content (AvgIpc) is 2.16. The molecule has 0 unspecified atom stereocenters. The van der Waals surface area contributed by atoms with Crippen LogP contribution in [0.5, 0.6) is 5.75 Å². The van der Waals surface area contributed by atoms with Crippen molar-refractivity contribution in [3.05, 3.63) is 22.4 Å². The zero-order valence-electron chi connectivity index (χ0n) is 7.04. The lowest BCUT2D eigenvalue weighted by Crippen LogP contribution is -1.91. The highest BCUT2D eigenvalue weighted by atomic mass is 79.9. The Morgan fingerprint density at radius 1 is 1.69 bits per heavy atom. The number of hydrogen-bond acceptors (Lipinski definition) is 3. The number of ether oxygens (including phenoxy) is 1. The van der Waals surface area contributed by atoms with Gasteiger partial charge in [-0.15, -0.1) is 0 Å². The monoisotopic (exact) mass is 241 g/mol. The molecular formula is C9H8BrNO2. The van der Waals surface area contributed by atoms with Crippen molar-refractivity contribution in [1.82, 2.24) is 4.98 Å². The molecular weight excluding hydrogens is 234 g/mol. The Bertz CT molecular complexity index is 354. The van der Waals surface area contributed by atoms with Gasteiger partial charge >= 0.3 is 0 Å². The number of nitrogens with zero attached hydrogens (tertiary/aromatic N) is 1. The second-order valence-electron chi connectivity index (χ2n) is 2.16. The topological polar surface area (TPSA) is 42.4 Å². The fourth-order valence-electron chi connectivity index (χ4n) is 0.793. The number of hydrogen-bond donors (Lipinski definition) is 1. The molecule has 1 heterocycles. The Hall–Kier alpha value is -1.05. The highest BCUT2D eigenvalue weighted by Gasteiger charge is 2.01. The highest BCUT2D eigenvalue weighted by molar-refractivity contribution is 9.10. The summed E-state index contributed by atoms with van der Waals surface area (Å²) in [5.74, 6) is 5.78. The van der Waals surface area contributed by atoms with Gasteiger partial charge in [-0.3, -0.25) is 0 Å². The molecule has 13 heavy (non-hydrogen) atoms. The van der Waals surface area contributed by atoms with Crippen LogP contribution in [-0.2, 0) is 0 Å². The minimum absolute atomic E-state index is 0.180. The maximum atomic E-state index is 8.49. The molecule has 68 valence electrons. The molecule has 0 amide bonds. The molecule has 0 aliphatic rings. The molecule has 0 radical (unpaired) electrons. The molecule has 0 bridgehead atoms. The van der Waals surface area contributed by atoms with Gasteiger partial charge in [0.25, 0.3) is 0 Å². The van der Waals surface area contributed by atoms with Gasteiger partial charge in [-0.25, -0.2) is 4.98 Å². The number of halogens is 1. The van der Waals surface area contributed by atoms with E-state index in [2.05, 4.69) is 32.8 Å². The number of aromatic nitrogens is 1. The summed E-state index contributed by atoms with van der Waals surface area (Å²) in [6, 6.07) is 1.77. The molecule has 1 aromatic heterocycles. The number of pyridine rings is 1. The average molecular weight is 242 g/mol. The quantitative estimate of drug-likeness (QED) is 0.752. The second-order valence-corrected chi connectivity index (χ2v) is 3.08. The van der Waals surface area contributed by atoms with Crippen LogP contribution in [0, 0.1) is 11.8 Å². The van der Waals surface area contributed by atoms with Gasteiger partial charge in [0.1, 0.15) is 6.61 Å². The Kier molecular flexibility index (Phi) is 3.74. The molecule has 1 rings (SSSR count). The van der Waals surface area contributed by atoms with Gasteiger partial charge < -0.3 is 9.84 Å². The maximum absolute atomic E-state index is 8.49. The molecule has 0 aliphatic heterocycles. The van der Waals surface area contributed by atoms with E-state index in [1.807, 2.05) is 0 Å². The predicted molar refractivity (Wildman–Crippen MR) is 52.5 cm³/mol. The van der Waals surface area contributed by atoms with Crippen molar-refractivity contribution in [3.8, 4) is 17.6 Å². The molecule has 0 aromatic carbocycles. The summed E-state index contributed by atoms with van der Waals surface area (Å²) >= 11 is 3.27. The summed E-state index contributed by atoms with van der Waals surface area (Å²) in [5.41, 5.74) is 0.528. The lowest BCUT2D eigenvalue weighted by Gasteiger charge is -2.01. The van der Waals surface area contributed by atoms with Crippen LogP contribution in [0.3, 0.4) is 0 Å². The molecule has 0 saturated carbocycles. The second kappa shape index (κ2) is 4.85. The summed E-state index contributed by atoms with van der Waals surface area (Å²) in [7, 11) is 1.55. The van der Waals surface area contributed by atoms with E-state index in [1.54, 1.807) is 19.4 Å². The SMILES string of the molecule is COc1cc(Br)cnc1C#CCO. The minimum atomic E-state index is -0.180. The number of methoxy groups -OCH3 is 1. The first-order valence-electron chi connectivity index (χ1n) is 3.57. The van der Waals surface area contributed by atoms with Crippen LogP contribution in [0.2, 0.25) is 0 Å². The number of aliphatic hydroxyl groups is 1. The van der Waals surface area contributed by atoms with Crippen LogP contribution in [0.4, 0.5) is 0 Å². The van der Waals surface area contributed by atoms with Gasteiger partial charge in [0.05, 0.1) is 7.11 Å². The van der Waals surface area contributed by atoms with Crippen molar-refractivity contribution in [3.63, 3.8) is 0 Å². The fraction of sp³-hybridized carbons (Fsp3) is 0.222. The summed E-state index contributed by atoms with van der Waals surface area (Å²) in [6.45, 7) is -0.180. The standard InChI is InChI=1S/C9H8BrNO2/c1-13-9-5-7(10)6-11-8(9)3-2-4-12/h5-6,12H,4H2,1H3. The highest BCUT2D eigenvalue weighted by Crippen LogP contribution is 2.19. The maximum Gasteiger partial charge on any atom is 0.155 e. The van der Waals surface area contributed by atoms with Gasteiger partial charge in [-0.05, 0) is 27.9 Å². The van der Waals surface area contributed by atoms with Gasteiger partial charge in [-0.1, -0.05) is 5.92 Å². The lowest BCUT2D eigenvalue weighted by molar-refractivity contribution is 0.350. The van der Waals surface area contributed by atoms with E-state index in [1.165, 1.54) is 0 Å². The van der Waals surface area contributed by atoms with Crippen molar-refractivity contribution >= 4 is 15.9 Å². The molecule has 0 aliphatic carbocycles. The summed E-state index contributed by atoms with van der Waals surface area (Å²) in [6.07, 6.45) is 1.63. The van der Waals surface area contributed by atoms with Crippen LogP contribution in [-0.4, -0.2) is 23.8 Å². The van der Waals surface area contributed by atoms with Crippen molar-refractivity contribution < 1.29 is 9.84 Å². The molecule has 1 N–H and O–H groups in total. The van der Waals surface area contributed by atoms with E-state index in [4.69, 9.17) is 9.84 Å². The van der Waals surface area contributed by atoms with E-state index in [-0.39, 0.29) is 6.61 Å². The van der Waals surface area contributed by atoms with Crippen molar-refractivity contribution in [2.45, 2.75) is 0 Å². The third kappa shape index (κ3) is 2.72. The molecule has 1 aromatic rings. The van der Waals surface area contributed by atoms with Crippen LogP contribution in [0.25, 0.3) is 0 Å². The normalized spacial score (nSPS) is 8.85. The molecule has 0 atom stereocenters. The Labute approximate surface area is 84.9 Å². The number of aliphatic hydroxyl groups excluding tert-OH is 1. The van der Waals surface area contributed by atoms with E-state index < -0.39 is 0 Å². The molecule has 0 spiro atoms. The van der Waals surface area contributed by atoms with Gasteiger partial charge in [0.15, 0.2) is 11.4 Å². The minimum Gasteiger partial charge on any atom is -0.494 e. The van der Waals surface area contributed by atoms with Gasteiger partial charge in [-0.2, -0.15) is 0 Å². The molecule has 0 saturated heterocycles. The van der Waals surface area contributed by atoms with E-state index in [9.17, 15) is 0 Å². The smallest absolute Gasteiger partial charge is 0.155 e. The van der Waals surface area contributed by atoms with Crippen molar-refractivity contribution in [2.75, 3.05) is 13.7 Å². The van der Waals surface area contributed by atoms with Crippen molar-refractivity contribution in [2.24, 2.45) is 0 Å². The molecule has 3 nitrogen and oxygen atoms in total. The first-order chi connectivity index (χ1) is 6.27. The lowest BCUT2D eigenvalue weighted by atomic mass is 10.3. The first-order valence-corrected chi connectivity index (χ1v) is 4.36.